The molecule has 0 aliphatic carbocycles. The smallest absolute Gasteiger partial charge is 0.491 e. The number of methoxy groups -OCH3 is 1. The number of carbonyl (C=O) groups excluding carboxylic acids is 2. The highest BCUT2D eigenvalue weighted by Crippen LogP contribution is 2.57. The van der Waals surface area contributed by atoms with Gasteiger partial charge in [0.15, 0.2) is 11.5 Å². The lowest BCUT2D eigenvalue weighted by Gasteiger charge is -2.60. The predicted molar refractivity (Wildman–Crippen MR) is 179 cm³/mol. The van der Waals surface area contributed by atoms with Crippen molar-refractivity contribution in [1.29, 1.82) is 5.26 Å². The summed E-state index contributed by atoms with van der Waals surface area (Å²) in [5, 5.41) is 13.9. The fraction of sp³-hybridized carbons (Fsp3) is 0.447. The molecule has 2 bridgehead atoms. The second-order valence-corrected chi connectivity index (χ2v) is 13.7. The first-order valence-electron chi connectivity index (χ1n) is 17.0. The number of nitrogens with zero attached hydrogens (tertiary/aromatic N) is 3. The predicted octanol–water partition coefficient (Wildman–Crippen LogP) is 5.34. The van der Waals surface area contributed by atoms with Gasteiger partial charge in [0, 0.05) is 41.7 Å². The van der Waals surface area contributed by atoms with E-state index in [0.717, 1.165) is 33.6 Å². The quantitative estimate of drug-likeness (QED) is 0.258. The van der Waals surface area contributed by atoms with Gasteiger partial charge in [-0.2, -0.15) is 18.4 Å². The zero-order chi connectivity index (χ0) is 36.4. The zero-order valence-corrected chi connectivity index (χ0v) is 29.0. The molecule has 4 heterocycles. The van der Waals surface area contributed by atoms with Gasteiger partial charge in [-0.05, 0) is 74.9 Å². The van der Waals surface area contributed by atoms with Crippen LogP contribution in [0, 0.1) is 32.1 Å². The Morgan fingerprint density at radius 1 is 1.02 bits per heavy atom. The molecular formula is C38H39F3N4O6. The third-order valence-electron chi connectivity index (χ3n) is 10.9. The summed E-state index contributed by atoms with van der Waals surface area (Å²) in [5.41, 5.74) is 6.03. The lowest BCUT2D eigenvalue weighted by molar-refractivity contribution is -0.189. The third-order valence-corrected chi connectivity index (χ3v) is 10.9. The Bertz CT molecular complexity index is 1940. The van der Waals surface area contributed by atoms with Gasteiger partial charge in [0.05, 0.1) is 25.3 Å². The van der Waals surface area contributed by atoms with Crippen LogP contribution in [0.3, 0.4) is 0 Å². The number of carbonyl (C=O) groups is 2. The largest absolute Gasteiger partial charge is 0.496 e. The van der Waals surface area contributed by atoms with Gasteiger partial charge < -0.3 is 24.3 Å². The summed E-state index contributed by atoms with van der Waals surface area (Å²) in [6, 6.07) is 11.8. The van der Waals surface area contributed by atoms with E-state index in [2.05, 4.69) is 27.3 Å². The summed E-state index contributed by atoms with van der Waals surface area (Å²) >= 11 is 0. The molecule has 1 unspecified atom stereocenters. The molecule has 1 N–H and O–H groups in total. The van der Waals surface area contributed by atoms with Crippen molar-refractivity contribution in [3.8, 4) is 29.1 Å². The number of ether oxygens (including phenoxy) is 4. The van der Waals surface area contributed by atoms with E-state index in [1.54, 1.807) is 7.11 Å². The van der Waals surface area contributed by atoms with Gasteiger partial charge in [-0.3, -0.25) is 14.6 Å². The summed E-state index contributed by atoms with van der Waals surface area (Å²) in [6.45, 7) is 5.34. The first-order chi connectivity index (χ1) is 24.3. The number of nitrogens with one attached hydrogen (secondary N) is 1. The van der Waals surface area contributed by atoms with Crippen molar-refractivity contribution in [3.05, 3.63) is 80.9 Å². The van der Waals surface area contributed by atoms with Gasteiger partial charge in [0.1, 0.15) is 17.5 Å². The maximum Gasteiger partial charge on any atom is 0.491 e. The topological polar surface area (TPSA) is 113 Å². The minimum absolute atomic E-state index is 0.0209. The van der Waals surface area contributed by atoms with E-state index in [9.17, 15) is 28.0 Å². The minimum Gasteiger partial charge on any atom is -0.496 e. The Hall–Kier alpha value is -4.80. The van der Waals surface area contributed by atoms with Gasteiger partial charge in [-0.25, -0.2) is 4.79 Å². The van der Waals surface area contributed by atoms with Crippen molar-refractivity contribution >= 4 is 11.9 Å². The van der Waals surface area contributed by atoms with Crippen LogP contribution < -0.4 is 24.3 Å². The van der Waals surface area contributed by atoms with Crippen LogP contribution in [0.1, 0.15) is 63.0 Å². The van der Waals surface area contributed by atoms with Crippen LogP contribution in [0.2, 0.25) is 0 Å². The molecule has 0 saturated carbocycles. The number of fused-ring (bicyclic) bond motifs is 9. The van der Waals surface area contributed by atoms with E-state index in [1.807, 2.05) is 51.2 Å². The number of esters is 1. The molecule has 1 amide bonds. The van der Waals surface area contributed by atoms with Crippen molar-refractivity contribution in [2.75, 3.05) is 27.5 Å². The van der Waals surface area contributed by atoms with Gasteiger partial charge in [-0.15, -0.1) is 0 Å². The molecule has 10 nitrogen and oxygen atoms in total. The van der Waals surface area contributed by atoms with E-state index >= 15 is 0 Å². The molecule has 0 aromatic heterocycles. The normalized spacial score (nSPS) is 23.4. The number of piperazine rings is 1. The van der Waals surface area contributed by atoms with Crippen LogP contribution in [-0.2, 0) is 28.9 Å². The second-order valence-electron chi connectivity index (χ2n) is 13.7. The number of amides is 1. The first-order valence-corrected chi connectivity index (χ1v) is 17.0. The lowest BCUT2D eigenvalue weighted by atomic mass is 9.71. The summed E-state index contributed by atoms with van der Waals surface area (Å²) in [4.78, 5) is 30.1. The molecule has 4 aliphatic heterocycles. The monoisotopic (exact) mass is 704 g/mol. The number of alkyl halides is 3. The number of likely N-dealkylation sites (N-methyl/N-ethyl adjacent to an activating group) is 1. The standard InChI is InChI=1S/C38H39F3N4O6/c1-19-13-23-14-25-27(16-42)45-26(32(44(25)4)30(23)20(2)33(19)48-5)15-24-31(28(45)17-43-29(46)12-11-22-9-7-6-8-10-22)36-35(49-18-50-36)21(3)34(24)51-37(47)38(39,40)41/h6-10,13,25-28,32H,11-12,14-15,17-18H2,1-5H3,(H,43,46)/t25-,26?,27-,28-,32-/m0/s1. The number of hydrogen-bond acceptors (Lipinski definition) is 9. The van der Waals surface area contributed by atoms with Gasteiger partial charge in [-0.1, -0.05) is 36.4 Å². The Morgan fingerprint density at radius 3 is 2.43 bits per heavy atom. The number of halogens is 3. The number of benzene rings is 3. The Balaban J connectivity index is 1.38. The average Bonchev–Trinajstić information content (AvgIpc) is 3.59. The van der Waals surface area contributed by atoms with Crippen LogP contribution in [0.25, 0.3) is 0 Å². The van der Waals surface area contributed by atoms with Crippen LogP contribution in [0.5, 0.6) is 23.0 Å². The molecule has 0 spiro atoms. The highest BCUT2D eigenvalue weighted by molar-refractivity contribution is 5.80. The maximum atomic E-state index is 13.7. The molecule has 268 valence electrons. The van der Waals surface area contributed by atoms with Crippen LogP contribution >= 0.6 is 0 Å². The Labute approximate surface area is 294 Å². The van der Waals surface area contributed by atoms with E-state index in [0.29, 0.717) is 29.7 Å². The van der Waals surface area contributed by atoms with Gasteiger partial charge in [0.25, 0.3) is 0 Å². The van der Waals surface area contributed by atoms with Gasteiger partial charge >= 0.3 is 12.1 Å². The zero-order valence-electron chi connectivity index (χ0n) is 29.0. The van der Waals surface area contributed by atoms with E-state index in [-0.39, 0.29) is 61.2 Å². The number of nitriles is 1. The molecule has 7 rings (SSSR count). The molecule has 0 radical (unpaired) electrons. The molecule has 13 heteroatoms. The lowest BCUT2D eigenvalue weighted by Crippen LogP contribution is -2.69. The van der Waals surface area contributed by atoms with E-state index < -0.39 is 30.3 Å². The highest BCUT2D eigenvalue weighted by Gasteiger charge is 2.57. The molecule has 5 atom stereocenters. The molecule has 51 heavy (non-hydrogen) atoms. The average molecular weight is 705 g/mol. The summed E-state index contributed by atoms with van der Waals surface area (Å²) in [5.74, 6) is -1.60. The Morgan fingerprint density at radius 2 is 1.75 bits per heavy atom. The van der Waals surface area contributed by atoms with Crippen molar-refractivity contribution < 1.29 is 41.7 Å². The number of aryl methyl sites for hydroxylation is 2. The summed E-state index contributed by atoms with van der Waals surface area (Å²) in [7, 11) is 3.59. The first kappa shape index (κ1) is 34.6. The summed E-state index contributed by atoms with van der Waals surface area (Å²) < 4.78 is 63.9. The van der Waals surface area contributed by atoms with Crippen LogP contribution in [0.15, 0.2) is 36.4 Å². The minimum atomic E-state index is -5.25. The van der Waals surface area contributed by atoms with Crippen molar-refractivity contribution in [1.82, 2.24) is 15.1 Å². The second kappa shape index (κ2) is 13.1. The van der Waals surface area contributed by atoms with Crippen LogP contribution in [-0.4, -0.2) is 73.5 Å². The molecule has 1 fully saturated rings. The highest BCUT2D eigenvalue weighted by atomic mass is 19.4. The van der Waals surface area contributed by atoms with Crippen LogP contribution in [0.4, 0.5) is 13.2 Å². The fourth-order valence-electron chi connectivity index (χ4n) is 8.86. The van der Waals surface area contributed by atoms with E-state index in [4.69, 9.17) is 18.9 Å². The maximum absolute atomic E-state index is 13.7. The number of rotatable bonds is 7. The fourth-order valence-corrected chi connectivity index (χ4v) is 8.86. The van der Waals surface area contributed by atoms with Gasteiger partial charge in [0.2, 0.25) is 12.7 Å². The summed E-state index contributed by atoms with van der Waals surface area (Å²) in [6.07, 6.45) is -3.83. The third kappa shape index (κ3) is 5.74. The SMILES string of the molecule is COc1c(C)cc2c(c1C)[C@@H]1C3Cc4c(OC(=O)C(F)(F)F)c(C)c5c(c4[C@H](CNC(=O)CCc4ccccc4)N3[C@@H](C#N)[C@H](C2)N1C)OCO5. The van der Waals surface area contributed by atoms with Crippen molar-refractivity contribution in [3.63, 3.8) is 0 Å². The van der Waals surface area contributed by atoms with Crippen molar-refractivity contribution in [2.45, 2.75) is 82.8 Å². The van der Waals surface area contributed by atoms with Crippen molar-refractivity contribution in [2.24, 2.45) is 0 Å². The molecule has 4 aliphatic rings. The van der Waals surface area contributed by atoms with E-state index in [1.165, 1.54) is 6.92 Å². The molecule has 1 saturated heterocycles. The molecule has 3 aromatic carbocycles. The number of hydrogen-bond donors (Lipinski definition) is 1. The molecular weight excluding hydrogens is 665 g/mol. The molecule has 3 aromatic rings. The Kier molecular flexibility index (Phi) is 8.88.